The fourth-order valence-electron chi connectivity index (χ4n) is 1.17. The number of aromatic amines is 1. The average Bonchev–Trinajstić information content (AvgIpc) is 2.54. The van der Waals surface area contributed by atoms with E-state index in [0.29, 0.717) is 0 Å². The lowest BCUT2D eigenvalue weighted by Crippen LogP contribution is -1.94. The third-order valence-electron chi connectivity index (χ3n) is 1.81. The molecule has 4 heteroatoms. The minimum atomic E-state index is 0.775. The van der Waals surface area contributed by atoms with E-state index in [4.69, 9.17) is 4.74 Å². The number of nitrogens with one attached hydrogen (secondary N) is 1. The number of hydrogen-bond acceptors (Lipinski definition) is 3. The molecule has 13 heavy (non-hydrogen) atoms. The molecule has 0 fully saturated rings. The second kappa shape index (κ2) is 5.70. The highest BCUT2D eigenvalue weighted by Crippen LogP contribution is 1.99. The van der Waals surface area contributed by atoms with E-state index in [0.717, 1.165) is 43.9 Å². The number of rotatable bonds is 6. The maximum absolute atomic E-state index is 4.95. The minimum absolute atomic E-state index is 0.775. The Kier molecular flexibility index (Phi) is 4.46. The highest BCUT2D eigenvalue weighted by Gasteiger charge is 2.01. The summed E-state index contributed by atoms with van der Waals surface area (Å²) in [5.41, 5.74) is 0. The van der Waals surface area contributed by atoms with Crippen molar-refractivity contribution in [1.29, 1.82) is 0 Å². The van der Waals surface area contributed by atoms with Gasteiger partial charge in [0.1, 0.15) is 5.82 Å². The molecule has 0 aliphatic heterocycles. The number of H-pyrrole nitrogens is 1. The Hall–Kier alpha value is -0.900. The van der Waals surface area contributed by atoms with Crippen molar-refractivity contribution < 1.29 is 4.74 Å². The van der Waals surface area contributed by atoms with Crippen LogP contribution in [0.1, 0.15) is 31.4 Å². The minimum Gasteiger partial charge on any atom is -0.385 e. The van der Waals surface area contributed by atoms with Gasteiger partial charge < -0.3 is 4.74 Å². The Balaban J connectivity index is 2.31. The molecule has 0 unspecified atom stereocenters. The van der Waals surface area contributed by atoms with Crippen molar-refractivity contribution in [3.63, 3.8) is 0 Å². The SMILES string of the molecule is CCCc1nc(CCCOC)n[nH]1. The van der Waals surface area contributed by atoms with Gasteiger partial charge in [-0.2, -0.15) is 5.10 Å². The second-order valence-electron chi connectivity index (χ2n) is 3.04. The third-order valence-corrected chi connectivity index (χ3v) is 1.81. The Morgan fingerprint density at radius 2 is 2.23 bits per heavy atom. The molecular weight excluding hydrogens is 166 g/mol. The molecule has 1 rings (SSSR count). The Morgan fingerprint density at radius 1 is 1.38 bits per heavy atom. The first-order valence-corrected chi connectivity index (χ1v) is 4.76. The predicted molar refractivity (Wildman–Crippen MR) is 50.6 cm³/mol. The molecule has 0 bridgehead atoms. The number of hydrogen-bond donors (Lipinski definition) is 1. The summed E-state index contributed by atoms with van der Waals surface area (Å²) in [6.45, 7) is 2.91. The van der Waals surface area contributed by atoms with Gasteiger partial charge in [-0.15, -0.1) is 0 Å². The number of aromatic nitrogens is 3. The molecule has 4 nitrogen and oxygen atoms in total. The molecular formula is C9H17N3O. The zero-order chi connectivity index (χ0) is 9.52. The van der Waals surface area contributed by atoms with E-state index in [9.17, 15) is 0 Å². The van der Waals surface area contributed by atoms with Crippen molar-refractivity contribution in [2.75, 3.05) is 13.7 Å². The Labute approximate surface area is 78.7 Å². The smallest absolute Gasteiger partial charge is 0.150 e. The van der Waals surface area contributed by atoms with E-state index in [1.165, 1.54) is 0 Å². The van der Waals surface area contributed by atoms with E-state index in [-0.39, 0.29) is 0 Å². The highest BCUT2D eigenvalue weighted by atomic mass is 16.5. The normalized spacial score (nSPS) is 10.6. The quantitative estimate of drug-likeness (QED) is 0.677. The van der Waals surface area contributed by atoms with Crippen molar-refractivity contribution in [1.82, 2.24) is 15.2 Å². The van der Waals surface area contributed by atoms with Crippen molar-refractivity contribution in [3.8, 4) is 0 Å². The highest BCUT2D eigenvalue weighted by molar-refractivity contribution is 4.90. The van der Waals surface area contributed by atoms with Crippen LogP contribution in [0.4, 0.5) is 0 Å². The molecule has 0 atom stereocenters. The fourth-order valence-corrected chi connectivity index (χ4v) is 1.17. The second-order valence-corrected chi connectivity index (χ2v) is 3.04. The van der Waals surface area contributed by atoms with E-state index in [1.54, 1.807) is 7.11 Å². The molecule has 1 N–H and O–H groups in total. The van der Waals surface area contributed by atoms with Gasteiger partial charge in [-0.1, -0.05) is 6.92 Å². The molecule has 1 aromatic heterocycles. The van der Waals surface area contributed by atoms with E-state index in [1.807, 2.05) is 0 Å². The maximum Gasteiger partial charge on any atom is 0.150 e. The van der Waals surface area contributed by atoms with Crippen LogP contribution in [0.3, 0.4) is 0 Å². The lowest BCUT2D eigenvalue weighted by atomic mass is 10.3. The predicted octanol–water partition coefficient (Wildman–Crippen LogP) is 1.34. The molecule has 1 heterocycles. The lowest BCUT2D eigenvalue weighted by Gasteiger charge is -1.93. The van der Waals surface area contributed by atoms with Gasteiger partial charge >= 0.3 is 0 Å². The van der Waals surface area contributed by atoms with Gasteiger partial charge in [0.15, 0.2) is 5.82 Å². The summed E-state index contributed by atoms with van der Waals surface area (Å²) in [6, 6.07) is 0. The summed E-state index contributed by atoms with van der Waals surface area (Å²) in [6.07, 6.45) is 3.97. The molecule has 0 aromatic carbocycles. The number of aryl methyl sites for hydroxylation is 2. The first-order valence-electron chi connectivity index (χ1n) is 4.76. The first kappa shape index (κ1) is 10.2. The van der Waals surface area contributed by atoms with Crippen LogP contribution in [0.2, 0.25) is 0 Å². The zero-order valence-corrected chi connectivity index (χ0v) is 8.34. The van der Waals surface area contributed by atoms with Crippen LogP contribution in [-0.4, -0.2) is 28.9 Å². The van der Waals surface area contributed by atoms with Crippen LogP contribution in [0, 0.1) is 0 Å². The van der Waals surface area contributed by atoms with Crippen molar-refractivity contribution in [2.24, 2.45) is 0 Å². The molecule has 74 valence electrons. The van der Waals surface area contributed by atoms with Crippen LogP contribution < -0.4 is 0 Å². The van der Waals surface area contributed by atoms with Gasteiger partial charge in [0.25, 0.3) is 0 Å². The van der Waals surface area contributed by atoms with Crippen molar-refractivity contribution in [2.45, 2.75) is 32.6 Å². The van der Waals surface area contributed by atoms with Gasteiger partial charge in [-0.05, 0) is 12.8 Å². The number of ether oxygens (including phenoxy) is 1. The summed E-state index contributed by atoms with van der Waals surface area (Å²) in [4.78, 5) is 4.35. The third kappa shape index (κ3) is 3.55. The van der Waals surface area contributed by atoms with Gasteiger partial charge in [-0.25, -0.2) is 4.98 Å². The van der Waals surface area contributed by atoms with Gasteiger partial charge in [0.2, 0.25) is 0 Å². The molecule has 0 amide bonds. The fraction of sp³-hybridized carbons (Fsp3) is 0.778. The standard InChI is InChI=1S/C9H17N3O/c1-3-5-8-10-9(12-11-8)6-4-7-13-2/h3-7H2,1-2H3,(H,10,11,12). The molecule has 1 aromatic rings. The van der Waals surface area contributed by atoms with E-state index >= 15 is 0 Å². The Morgan fingerprint density at radius 3 is 2.92 bits per heavy atom. The summed E-state index contributed by atoms with van der Waals surface area (Å²) in [7, 11) is 1.71. The number of methoxy groups -OCH3 is 1. The monoisotopic (exact) mass is 183 g/mol. The first-order chi connectivity index (χ1) is 6.36. The van der Waals surface area contributed by atoms with Crippen LogP contribution in [0.15, 0.2) is 0 Å². The molecule has 0 spiro atoms. The zero-order valence-electron chi connectivity index (χ0n) is 8.34. The van der Waals surface area contributed by atoms with E-state index in [2.05, 4.69) is 22.1 Å². The molecule has 0 aliphatic rings. The average molecular weight is 183 g/mol. The van der Waals surface area contributed by atoms with Crippen molar-refractivity contribution >= 4 is 0 Å². The topological polar surface area (TPSA) is 50.8 Å². The molecule has 0 radical (unpaired) electrons. The largest absolute Gasteiger partial charge is 0.385 e. The maximum atomic E-state index is 4.95. The summed E-state index contributed by atoms with van der Waals surface area (Å²) in [5.74, 6) is 1.90. The molecule has 0 aliphatic carbocycles. The van der Waals surface area contributed by atoms with Crippen LogP contribution in [0.25, 0.3) is 0 Å². The summed E-state index contributed by atoms with van der Waals surface area (Å²) in [5, 5.41) is 7.05. The number of nitrogens with zero attached hydrogens (tertiary/aromatic N) is 2. The van der Waals surface area contributed by atoms with Gasteiger partial charge in [-0.3, -0.25) is 5.10 Å². The summed E-state index contributed by atoms with van der Waals surface area (Å²) >= 11 is 0. The Bertz CT molecular complexity index is 235. The van der Waals surface area contributed by atoms with Gasteiger partial charge in [0.05, 0.1) is 0 Å². The summed E-state index contributed by atoms with van der Waals surface area (Å²) < 4.78 is 4.95. The van der Waals surface area contributed by atoms with Crippen LogP contribution >= 0.6 is 0 Å². The van der Waals surface area contributed by atoms with Gasteiger partial charge in [0, 0.05) is 26.6 Å². The van der Waals surface area contributed by atoms with Crippen LogP contribution in [0.5, 0.6) is 0 Å². The lowest BCUT2D eigenvalue weighted by molar-refractivity contribution is 0.194. The van der Waals surface area contributed by atoms with E-state index < -0.39 is 0 Å². The molecule has 0 saturated heterocycles. The van der Waals surface area contributed by atoms with Crippen molar-refractivity contribution in [3.05, 3.63) is 11.6 Å². The molecule has 0 saturated carbocycles. The van der Waals surface area contributed by atoms with Crippen LogP contribution in [-0.2, 0) is 17.6 Å².